The first-order valence-electron chi connectivity index (χ1n) is 10.8. The quantitative estimate of drug-likeness (QED) is 0.468. The highest BCUT2D eigenvalue weighted by molar-refractivity contribution is 6.00. The van der Waals surface area contributed by atoms with E-state index in [1.165, 1.54) is 16.9 Å². The van der Waals surface area contributed by atoms with E-state index in [4.69, 9.17) is 0 Å². The summed E-state index contributed by atoms with van der Waals surface area (Å²) >= 11 is 0. The van der Waals surface area contributed by atoms with E-state index in [1.54, 1.807) is 11.1 Å². The van der Waals surface area contributed by atoms with Crippen molar-refractivity contribution in [2.24, 2.45) is 0 Å². The Morgan fingerprint density at radius 1 is 1.03 bits per heavy atom. The summed E-state index contributed by atoms with van der Waals surface area (Å²) in [6.07, 6.45) is 8.02. The van der Waals surface area contributed by atoms with Gasteiger partial charge in [0.2, 0.25) is 0 Å². The van der Waals surface area contributed by atoms with Crippen molar-refractivity contribution in [3.63, 3.8) is 0 Å². The van der Waals surface area contributed by atoms with Crippen molar-refractivity contribution in [2.75, 3.05) is 18.4 Å². The van der Waals surface area contributed by atoms with Crippen LogP contribution in [0.2, 0.25) is 0 Å². The van der Waals surface area contributed by atoms with E-state index in [0.29, 0.717) is 31.0 Å². The lowest BCUT2D eigenvalue weighted by Gasteiger charge is -2.32. The Morgan fingerprint density at radius 3 is 2.52 bits per heavy atom. The fraction of sp³-hybridized carbons (Fsp3) is 0.261. The lowest BCUT2D eigenvalue weighted by molar-refractivity contribution is 0.0685. The summed E-state index contributed by atoms with van der Waals surface area (Å²) in [5.74, 6) is -0.854. The number of hydrogen-bond donors (Lipinski definition) is 2. The molecule has 33 heavy (non-hydrogen) atoms. The molecule has 10 nitrogen and oxygen atoms in total. The van der Waals surface area contributed by atoms with Crippen LogP contribution in [0.5, 0.6) is 0 Å². The second-order valence-electron chi connectivity index (χ2n) is 7.97. The van der Waals surface area contributed by atoms with E-state index in [1.807, 2.05) is 47.3 Å². The Kier molecular flexibility index (Phi) is 5.47. The van der Waals surface area contributed by atoms with Crippen molar-refractivity contribution in [1.29, 1.82) is 0 Å². The van der Waals surface area contributed by atoms with Crippen LogP contribution in [-0.2, 0) is 6.54 Å². The molecule has 0 atom stereocenters. The average molecular weight is 445 g/mol. The number of likely N-dealkylation sites (tertiary alicyclic amines) is 1. The first kappa shape index (κ1) is 20.7. The number of aromatic carboxylic acids is 1. The summed E-state index contributed by atoms with van der Waals surface area (Å²) in [6, 6.07) is 11.9. The van der Waals surface area contributed by atoms with Crippen LogP contribution in [0.4, 0.5) is 5.82 Å². The minimum Gasteiger partial charge on any atom is -0.477 e. The van der Waals surface area contributed by atoms with E-state index >= 15 is 0 Å². The van der Waals surface area contributed by atoms with Crippen LogP contribution in [0.3, 0.4) is 0 Å². The van der Waals surface area contributed by atoms with Crippen LogP contribution in [0.15, 0.2) is 61.2 Å². The molecule has 1 aromatic carbocycles. The van der Waals surface area contributed by atoms with Gasteiger partial charge < -0.3 is 15.3 Å². The standard InChI is InChI=1S/C23H23N7O3/c31-22(28-11-7-17(8-12-28)29-10-4-9-26-29)18-14-25-21-19(23(32)33)15-27-30(21)20(18)24-13-16-5-2-1-3-6-16/h1-6,9-10,14-15,17,24H,7-8,11-13H2,(H,32,33). The Morgan fingerprint density at radius 2 is 1.82 bits per heavy atom. The molecule has 4 aromatic rings. The normalized spacial score (nSPS) is 14.5. The maximum atomic E-state index is 13.5. The molecule has 0 radical (unpaired) electrons. The molecule has 3 aromatic heterocycles. The molecule has 168 valence electrons. The number of carboxylic acids is 1. The van der Waals surface area contributed by atoms with Gasteiger partial charge in [-0.3, -0.25) is 9.48 Å². The predicted octanol–water partition coefficient (Wildman–Crippen LogP) is 2.71. The third-order valence-corrected chi connectivity index (χ3v) is 5.94. The number of rotatable bonds is 6. The van der Waals surface area contributed by atoms with Crippen LogP contribution in [0, 0.1) is 0 Å². The highest BCUT2D eigenvalue weighted by atomic mass is 16.4. The monoisotopic (exact) mass is 445 g/mol. The third-order valence-electron chi connectivity index (χ3n) is 5.94. The fourth-order valence-corrected chi connectivity index (χ4v) is 4.19. The Hall–Kier alpha value is -4.21. The number of carboxylic acid groups (broad SMARTS) is 1. The van der Waals surface area contributed by atoms with Gasteiger partial charge in [0.25, 0.3) is 5.91 Å². The van der Waals surface area contributed by atoms with E-state index in [2.05, 4.69) is 20.5 Å². The second-order valence-corrected chi connectivity index (χ2v) is 7.97. The summed E-state index contributed by atoms with van der Waals surface area (Å²) in [5, 5.41) is 21.3. The molecule has 1 saturated heterocycles. The molecule has 1 aliphatic heterocycles. The van der Waals surface area contributed by atoms with Gasteiger partial charge in [0.15, 0.2) is 5.65 Å². The summed E-state index contributed by atoms with van der Waals surface area (Å²) in [7, 11) is 0. The SMILES string of the molecule is O=C(O)c1cnn2c(NCc3ccccc3)c(C(=O)N3CCC(n4cccn4)CC3)cnc12. The van der Waals surface area contributed by atoms with Crippen LogP contribution in [0.25, 0.3) is 5.65 Å². The molecule has 5 rings (SSSR count). The van der Waals surface area contributed by atoms with Gasteiger partial charge in [-0.05, 0) is 24.5 Å². The van der Waals surface area contributed by atoms with Gasteiger partial charge in [-0.1, -0.05) is 30.3 Å². The van der Waals surface area contributed by atoms with Crippen molar-refractivity contribution in [2.45, 2.75) is 25.4 Å². The molecule has 0 aliphatic carbocycles. The van der Waals surface area contributed by atoms with Gasteiger partial charge in [-0.2, -0.15) is 14.7 Å². The zero-order valence-electron chi connectivity index (χ0n) is 17.8. The maximum Gasteiger partial charge on any atom is 0.341 e. The van der Waals surface area contributed by atoms with Gasteiger partial charge in [0.05, 0.1) is 12.2 Å². The number of hydrogen-bond acceptors (Lipinski definition) is 6. The lowest BCUT2D eigenvalue weighted by Crippen LogP contribution is -2.39. The molecule has 4 heterocycles. The molecule has 1 fully saturated rings. The Balaban J connectivity index is 1.43. The van der Waals surface area contributed by atoms with Crippen molar-refractivity contribution in [3.05, 3.63) is 77.9 Å². The minimum atomic E-state index is -1.12. The van der Waals surface area contributed by atoms with Crippen LogP contribution in [0.1, 0.15) is 45.2 Å². The van der Waals surface area contributed by atoms with E-state index in [-0.39, 0.29) is 23.2 Å². The number of benzene rings is 1. The van der Waals surface area contributed by atoms with E-state index < -0.39 is 5.97 Å². The number of carbonyl (C=O) groups is 2. The number of aromatic nitrogens is 5. The smallest absolute Gasteiger partial charge is 0.341 e. The minimum absolute atomic E-state index is 0.0169. The number of amides is 1. The van der Waals surface area contributed by atoms with Gasteiger partial charge in [0, 0.05) is 38.2 Å². The predicted molar refractivity (Wildman–Crippen MR) is 120 cm³/mol. The lowest BCUT2D eigenvalue weighted by atomic mass is 10.0. The maximum absolute atomic E-state index is 13.5. The van der Waals surface area contributed by atoms with Crippen molar-refractivity contribution < 1.29 is 14.7 Å². The average Bonchev–Trinajstić information content (AvgIpc) is 3.53. The molecule has 2 N–H and O–H groups in total. The first-order valence-corrected chi connectivity index (χ1v) is 10.8. The fourth-order valence-electron chi connectivity index (χ4n) is 4.19. The molecule has 0 spiro atoms. The van der Waals surface area contributed by atoms with Gasteiger partial charge in [-0.25, -0.2) is 9.78 Å². The highest BCUT2D eigenvalue weighted by Crippen LogP contribution is 2.26. The Bertz CT molecular complexity index is 1280. The number of nitrogens with one attached hydrogen (secondary N) is 1. The van der Waals surface area contributed by atoms with Crippen molar-refractivity contribution in [3.8, 4) is 0 Å². The summed E-state index contributed by atoms with van der Waals surface area (Å²) < 4.78 is 3.34. The third kappa shape index (κ3) is 4.02. The van der Waals surface area contributed by atoms with Crippen molar-refractivity contribution in [1.82, 2.24) is 29.3 Å². The number of piperidine rings is 1. The molecule has 1 amide bonds. The number of nitrogens with zero attached hydrogens (tertiary/aromatic N) is 6. The van der Waals surface area contributed by atoms with E-state index in [9.17, 15) is 14.7 Å². The number of fused-ring (bicyclic) bond motifs is 1. The molecule has 0 unspecified atom stereocenters. The molecule has 0 saturated carbocycles. The number of anilines is 1. The Labute approximate surface area is 189 Å². The first-order chi connectivity index (χ1) is 16.1. The van der Waals surface area contributed by atoms with E-state index in [0.717, 1.165) is 18.4 Å². The highest BCUT2D eigenvalue weighted by Gasteiger charge is 2.28. The van der Waals surface area contributed by atoms with Crippen LogP contribution < -0.4 is 5.32 Å². The zero-order valence-corrected chi connectivity index (χ0v) is 17.8. The van der Waals surface area contributed by atoms with Crippen LogP contribution >= 0.6 is 0 Å². The summed E-state index contributed by atoms with van der Waals surface area (Å²) in [6.45, 7) is 1.64. The summed E-state index contributed by atoms with van der Waals surface area (Å²) in [5.41, 5.74) is 1.55. The molecule has 0 bridgehead atoms. The topological polar surface area (TPSA) is 118 Å². The molecule has 1 aliphatic rings. The number of carbonyl (C=O) groups excluding carboxylic acids is 1. The second kappa shape index (κ2) is 8.73. The molecule has 10 heteroatoms. The van der Waals surface area contributed by atoms with Gasteiger partial charge in [0.1, 0.15) is 16.9 Å². The molecular weight excluding hydrogens is 422 g/mol. The van der Waals surface area contributed by atoms with Crippen LogP contribution in [-0.4, -0.2) is 59.4 Å². The largest absolute Gasteiger partial charge is 0.477 e. The van der Waals surface area contributed by atoms with Gasteiger partial charge >= 0.3 is 5.97 Å². The van der Waals surface area contributed by atoms with Crippen molar-refractivity contribution >= 4 is 23.3 Å². The molecular formula is C23H23N7O3. The van der Waals surface area contributed by atoms with Gasteiger partial charge in [-0.15, -0.1) is 0 Å². The summed E-state index contributed by atoms with van der Waals surface area (Å²) in [4.78, 5) is 31.1. The zero-order chi connectivity index (χ0) is 22.8.